The van der Waals surface area contributed by atoms with E-state index in [1.54, 1.807) is 11.0 Å². The summed E-state index contributed by atoms with van der Waals surface area (Å²) in [4.78, 5) is 67.7. The molecular formula is C29H34FN5O8. The number of hydrogen-bond donors (Lipinski definition) is 0. The lowest BCUT2D eigenvalue weighted by molar-refractivity contribution is -0.137. The summed E-state index contributed by atoms with van der Waals surface area (Å²) in [6, 6.07) is 3.63. The van der Waals surface area contributed by atoms with Gasteiger partial charge in [0.25, 0.3) is 0 Å². The number of piperidine rings is 1. The summed E-state index contributed by atoms with van der Waals surface area (Å²) in [5, 5.41) is 5.07. The third kappa shape index (κ3) is 7.01. The topological polar surface area (TPSA) is 143 Å². The van der Waals surface area contributed by atoms with Crippen LogP contribution in [0.1, 0.15) is 43.7 Å². The summed E-state index contributed by atoms with van der Waals surface area (Å²) in [6.07, 6.45) is 4.14. The molecular weight excluding hydrogens is 565 g/mol. The number of esters is 2. The zero-order chi connectivity index (χ0) is 30.5. The second-order valence-electron chi connectivity index (χ2n) is 10.9. The average Bonchev–Trinajstić information content (AvgIpc) is 3.42. The van der Waals surface area contributed by atoms with Crippen molar-refractivity contribution in [3.05, 3.63) is 41.9 Å². The SMILES string of the molecule is COC(=O)/C=C/C(=O)OC(=O)N1CCN2C(=O)N(CCCCN3CCC(c4noc5cc(F)ccc45)CC3)C(=O)CC2C1. The van der Waals surface area contributed by atoms with Crippen LogP contribution in [0.3, 0.4) is 0 Å². The van der Waals surface area contributed by atoms with E-state index in [-0.39, 0.29) is 49.7 Å². The molecule has 0 bridgehead atoms. The first-order chi connectivity index (χ1) is 20.7. The Kier molecular flexibility index (Phi) is 9.34. The maximum atomic E-state index is 13.5. The van der Waals surface area contributed by atoms with Gasteiger partial charge in [-0.25, -0.2) is 23.6 Å². The number of nitrogens with zero attached hydrogens (tertiary/aromatic N) is 5. The van der Waals surface area contributed by atoms with Crippen LogP contribution in [0.15, 0.2) is 34.9 Å². The van der Waals surface area contributed by atoms with E-state index in [4.69, 9.17) is 9.26 Å². The quantitative estimate of drug-likeness (QED) is 0.192. The number of ether oxygens (including phenoxy) is 2. The number of likely N-dealkylation sites (tertiary alicyclic amines) is 1. The molecule has 0 saturated carbocycles. The Labute approximate surface area is 247 Å². The average molecular weight is 600 g/mol. The van der Waals surface area contributed by atoms with Crippen molar-refractivity contribution in [3.63, 3.8) is 0 Å². The first kappa shape index (κ1) is 30.1. The molecule has 5 rings (SSSR count). The number of urea groups is 1. The maximum absolute atomic E-state index is 13.5. The summed E-state index contributed by atoms with van der Waals surface area (Å²) in [5.74, 6) is -2.17. The van der Waals surface area contributed by atoms with E-state index >= 15 is 0 Å². The van der Waals surface area contributed by atoms with Gasteiger partial charge in [-0.1, -0.05) is 5.16 Å². The van der Waals surface area contributed by atoms with Crippen LogP contribution in [-0.4, -0.2) is 114 Å². The van der Waals surface area contributed by atoms with E-state index in [1.807, 2.05) is 0 Å². The molecule has 14 heteroatoms. The van der Waals surface area contributed by atoms with Crippen LogP contribution in [0, 0.1) is 5.82 Å². The number of imide groups is 1. The van der Waals surface area contributed by atoms with Gasteiger partial charge in [0.1, 0.15) is 5.82 Å². The molecule has 13 nitrogen and oxygen atoms in total. The number of unbranched alkanes of at least 4 members (excludes halogenated alkanes) is 1. The van der Waals surface area contributed by atoms with Gasteiger partial charge in [-0.3, -0.25) is 9.69 Å². The number of amides is 4. The van der Waals surface area contributed by atoms with E-state index in [0.717, 1.165) is 69.2 Å². The summed E-state index contributed by atoms with van der Waals surface area (Å²) in [7, 11) is 1.15. The van der Waals surface area contributed by atoms with E-state index in [0.29, 0.717) is 18.5 Å². The van der Waals surface area contributed by atoms with Crippen LogP contribution in [0.4, 0.5) is 14.0 Å². The summed E-state index contributed by atoms with van der Waals surface area (Å²) in [6.45, 7) is 3.38. The predicted molar refractivity (Wildman–Crippen MR) is 148 cm³/mol. The number of aromatic nitrogens is 1. The number of benzene rings is 1. The smallest absolute Gasteiger partial charge is 0.417 e. The van der Waals surface area contributed by atoms with Crippen molar-refractivity contribution in [2.75, 3.05) is 52.9 Å². The van der Waals surface area contributed by atoms with Crippen molar-refractivity contribution in [2.45, 2.75) is 44.1 Å². The predicted octanol–water partition coefficient (Wildman–Crippen LogP) is 2.66. The standard InChI is InChI=1S/C29H34FN5O8/c1-41-25(37)6-7-26(38)42-29(40)33-14-15-34-21(18-33)17-24(36)35(28(34)39)11-3-2-10-32-12-8-19(9-13-32)27-22-5-4-20(30)16-23(22)43-31-27/h4-7,16,19,21H,2-3,8-15,17-18H2,1H3/b7-6+. The molecule has 3 aliphatic heterocycles. The highest BCUT2D eigenvalue weighted by atomic mass is 19.1. The minimum atomic E-state index is -1.02. The van der Waals surface area contributed by atoms with Crippen LogP contribution in [-0.2, 0) is 23.9 Å². The number of methoxy groups -OCH3 is 1. The first-order valence-corrected chi connectivity index (χ1v) is 14.4. The van der Waals surface area contributed by atoms with Crippen molar-refractivity contribution in [1.82, 2.24) is 24.8 Å². The van der Waals surface area contributed by atoms with Gasteiger partial charge in [-0.15, -0.1) is 0 Å². The molecule has 0 N–H and O–H groups in total. The fraction of sp³-hybridized carbons (Fsp3) is 0.517. The molecule has 0 radical (unpaired) electrons. The van der Waals surface area contributed by atoms with Gasteiger partial charge in [-0.05, 0) is 57.5 Å². The molecule has 230 valence electrons. The van der Waals surface area contributed by atoms with Crippen LogP contribution in [0.5, 0.6) is 0 Å². The summed E-state index contributed by atoms with van der Waals surface area (Å²) >= 11 is 0. The highest BCUT2D eigenvalue weighted by Crippen LogP contribution is 2.33. The van der Waals surface area contributed by atoms with Gasteiger partial charge < -0.3 is 28.7 Å². The monoisotopic (exact) mass is 599 g/mol. The largest absolute Gasteiger partial charge is 0.466 e. The molecule has 2 aromatic rings. The fourth-order valence-corrected chi connectivity index (χ4v) is 5.89. The zero-order valence-corrected chi connectivity index (χ0v) is 23.9. The van der Waals surface area contributed by atoms with Crippen LogP contribution in [0.2, 0.25) is 0 Å². The molecule has 4 heterocycles. The fourth-order valence-electron chi connectivity index (χ4n) is 5.89. The molecule has 1 unspecified atom stereocenters. The Bertz CT molecular complexity index is 1420. The molecule has 0 aliphatic carbocycles. The first-order valence-electron chi connectivity index (χ1n) is 14.4. The van der Waals surface area contributed by atoms with E-state index in [9.17, 15) is 28.4 Å². The van der Waals surface area contributed by atoms with Gasteiger partial charge in [0.2, 0.25) is 5.91 Å². The molecule has 3 aliphatic rings. The second kappa shape index (κ2) is 13.3. The van der Waals surface area contributed by atoms with Crippen LogP contribution < -0.4 is 0 Å². The number of rotatable bonds is 8. The third-order valence-electron chi connectivity index (χ3n) is 8.22. The molecule has 4 amide bonds. The number of halogens is 1. The molecule has 0 spiro atoms. The molecule has 3 fully saturated rings. The molecule has 1 aromatic carbocycles. The van der Waals surface area contributed by atoms with Gasteiger partial charge in [0.05, 0.1) is 18.8 Å². The zero-order valence-electron chi connectivity index (χ0n) is 23.9. The highest BCUT2D eigenvalue weighted by Gasteiger charge is 2.42. The van der Waals surface area contributed by atoms with Crippen molar-refractivity contribution >= 4 is 40.9 Å². The number of fused-ring (bicyclic) bond motifs is 2. The highest BCUT2D eigenvalue weighted by molar-refractivity contribution is 5.98. The minimum Gasteiger partial charge on any atom is -0.466 e. The van der Waals surface area contributed by atoms with Crippen molar-refractivity contribution in [3.8, 4) is 0 Å². The maximum Gasteiger partial charge on any atom is 0.417 e. The van der Waals surface area contributed by atoms with E-state index in [1.165, 1.54) is 21.9 Å². The lowest BCUT2D eigenvalue weighted by Gasteiger charge is -2.45. The number of carbonyl (C=O) groups excluding carboxylic acids is 5. The van der Waals surface area contributed by atoms with Crippen molar-refractivity contribution < 1.29 is 42.4 Å². The van der Waals surface area contributed by atoms with Crippen molar-refractivity contribution in [1.29, 1.82) is 0 Å². The normalized spacial score (nSPS) is 20.1. The lowest BCUT2D eigenvalue weighted by Crippen LogP contribution is -2.64. The molecule has 3 saturated heterocycles. The Balaban J connectivity index is 1.03. The minimum absolute atomic E-state index is 0.0646. The Hall–Kier alpha value is -4.33. The van der Waals surface area contributed by atoms with Gasteiger partial charge in [-0.2, -0.15) is 0 Å². The number of piperazine rings is 1. The summed E-state index contributed by atoms with van der Waals surface area (Å²) in [5.41, 5.74) is 1.35. The van der Waals surface area contributed by atoms with Gasteiger partial charge >= 0.3 is 24.1 Å². The number of hydrogen-bond acceptors (Lipinski definition) is 10. The summed E-state index contributed by atoms with van der Waals surface area (Å²) < 4.78 is 27.9. The van der Waals surface area contributed by atoms with E-state index in [2.05, 4.69) is 14.8 Å². The Morgan fingerprint density at radius 2 is 1.79 bits per heavy atom. The lowest BCUT2D eigenvalue weighted by atomic mass is 9.91. The van der Waals surface area contributed by atoms with Crippen LogP contribution >= 0.6 is 0 Å². The Morgan fingerprint density at radius 1 is 1.05 bits per heavy atom. The third-order valence-corrected chi connectivity index (χ3v) is 8.22. The van der Waals surface area contributed by atoms with Gasteiger partial charge in [0, 0.05) is 62.1 Å². The van der Waals surface area contributed by atoms with Crippen molar-refractivity contribution in [2.24, 2.45) is 0 Å². The molecule has 1 atom stereocenters. The molecule has 43 heavy (non-hydrogen) atoms. The second-order valence-corrected chi connectivity index (χ2v) is 10.9. The van der Waals surface area contributed by atoms with Crippen LogP contribution in [0.25, 0.3) is 11.0 Å². The number of carbonyl (C=O) groups is 5. The Morgan fingerprint density at radius 3 is 2.56 bits per heavy atom. The van der Waals surface area contributed by atoms with E-state index < -0.39 is 24.1 Å². The van der Waals surface area contributed by atoms with Gasteiger partial charge in [0.15, 0.2) is 5.58 Å². The molecule has 1 aromatic heterocycles.